The highest BCUT2D eigenvalue weighted by molar-refractivity contribution is 7.92. The van der Waals surface area contributed by atoms with Gasteiger partial charge in [-0.2, -0.15) is 0 Å². The van der Waals surface area contributed by atoms with Crippen molar-refractivity contribution in [1.29, 1.82) is 0 Å². The van der Waals surface area contributed by atoms with Crippen molar-refractivity contribution in [1.82, 2.24) is 5.32 Å². The molecule has 120 valence electrons. The Morgan fingerprint density at radius 3 is 2.36 bits per heavy atom. The Balaban J connectivity index is 2.34. The third-order valence-electron chi connectivity index (χ3n) is 4.23. The predicted molar refractivity (Wildman–Crippen MR) is 87.1 cm³/mol. The first-order valence-corrected chi connectivity index (χ1v) is 9.23. The molecule has 2 rings (SSSR count). The zero-order chi connectivity index (χ0) is 16.2. The van der Waals surface area contributed by atoms with E-state index >= 15 is 0 Å². The van der Waals surface area contributed by atoms with Gasteiger partial charge in [-0.1, -0.05) is 43.5 Å². The average molecular weight is 321 g/mol. The van der Waals surface area contributed by atoms with Crippen molar-refractivity contribution in [3.63, 3.8) is 0 Å². The fourth-order valence-electron chi connectivity index (χ4n) is 2.96. The van der Waals surface area contributed by atoms with Gasteiger partial charge in [0.1, 0.15) is 5.37 Å². The summed E-state index contributed by atoms with van der Waals surface area (Å²) in [7, 11) is -3.60. The van der Waals surface area contributed by atoms with Gasteiger partial charge in [0.05, 0.1) is 4.90 Å². The van der Waals surface area contributed by atoms with Gasteiger partial charge in [-0.05, 0) is 43.9 Å². The van der Waals surface area contributed by atoms with Crippen molar-refractivity contribution in [3.05, 3.63) is 42.5 Å². The minimum absolute atomic E-state index is 0.0380. The molecule has 1 aromatic carbocycles. The van der Waals surface area contributed by atoms with E-state index in [4.69, 9.17) is 0 Å². The van der Waals surface area contributed by atoms with E-state index < -0.39 is 21.1 Å². The van der Waals surface area contributed by atoms with Crippen LogP contribution in [0.25, 0.3) is 0 Å². The molecule has 0 radical (unpaired) electrons. The van der Waals surface area contributed by atoms with Crippen LogP contribution in [0.3, 0.4) is 0 Å². The monoisotopic (exact) mass is 321 g/mol. The lowest BCUT2D eigenvalue weighted by molar-refractivity contribution is -0.117. The van der Waals surface area contributed by atoms with Crippen molar-refractivity contribution >= 4 is 15.7 Å². The Hall–Kier alpha value is -1.62. The first-order chi connectivity index (χ1) is 10.4. The molecule has 4 nitrogen and oxygen atoms in total. The van der Waals surface area contributed by atoms with Crippen LogP contribution >= 0.6 is 0 Å². The van der Waals surface area contributed by atoms with Crippen LogP contribution in [0.1, 0.15) is 37.7 Å². The van der Waals surface area contributed by atoms with E-state index in [1.54, 1.807) is 24.3 Å². The smallest absolute Gasteiger partial charge is 0.244 e. The van der Waals surface area contributed by atoms with Crippen molar-refractivity contribution in [2.75, 3.05) is 0 Å². The van der Waals surface area contributed by atoms with Crippen molar-refractivity contribution < 1.29 is 13.2 Å². The van der Waals surface area contributed by atoms with Gasteiger partial charge >= 0.3 is 0 Å². The Bertz CT molecular complexity index is 628. The van der Waals surface area contributed by atoms with Gasteiger partial charge in [-0.3, -0.25) is 4.79 Å². The fraction of sp³-hybridized carbons (Fsp3) is 0.471. The van der Waals surface area contributed by atoms with E-state index in [1.807, 2.05) is 6.92 Å². The molecular formula is C17H23NO3S. The zero-order valence-corrected chi connectivity index (χ0v) is 13.7. The summed E-state index contributed by atoms with van der Waals surface area (Å²) < 4.78 is 25.9. The summed E-state index contributed by atoms with van der Waals surface area (Å²) in [6, 6.07) is 6.78. The average Bonchev–Trinajstić information content (AvgIpc) is 2.53. The molecule has 0 spiro atoms. The van der Waals surface area contributed by atoms with Crippen LogP contribution in [-0.4, -0.2) is 19.7 Å². The third-order valence-corrected chi connectivity index (χ3v) is 6.33. The fourth-order valence-corrected chi connectivity index (χ4v) is 4.82. The molecule has 1 aliphatic rings. The lowest BCUT2D eigenvalue weighted by atomic mass is 9.89. The van der Waals surface area contributed by atoms with E-state index in [0.29, 0.717) is 0 Å². The molecule has 1 unspecified atom stereocenters. The summed E-state index contributed by atoms with van der Waals surface area (Å²) in [5.41, 5.74) is 1.00. The van der Waals surface area contributed by atoms with E-state index in [-0.39, 0.29) is 10.8 Å². The van der Waals surface area contributed by atoms with Crippen LogP contribution in [0.4, 0.5) is 0 Å². The Kier molecular flexibility index (Phi) is 5.40. The van der Waals surface area contributed by atoms with Crippen LogP contribution in [-0.2, 0) is 14.6 Å². The second-order valence-electron chi connectivity index (χ2n) is 5.89. The lowest BCUT2D eigenvalue weighted by Gasteiger charge is -2.30. The van der Waals surface area contributed by atoms with Gasteiger partial charge in [0.2, 0.25) is 5.91 Å². The van der Waals surface area contributed by atoms with Crippen LogP contribution < -0.4 is 5.32 Å². The number of aryl methyl sites for hydroxylation is 1. The largest absolute Gasteiger partial charge is 0.335 e. The molecule has 1 fully saturated rings. The maximum absolute atomic E-state index is 12.9. The quantitative estimate of drug-likeness (QED) is 0.848. The molecule has 1 atom stereocenters. The predicted octanol–water partition coefficient (Wildman–Crippen LogP) is 2.98. The molecule has 1 amide bonds. The van der Waals surface area contributed by atoms with Crippen LogP contribution in [0.15, 0.2) is 41.8 Å². The number of rotatable bonds is 5. The minimum atomic E-state index is -3.60. The number of carbonyl (C=O) groups excluding carboxylic acids is 1. The molecule has 0 heterocycles. The molecule has 1 aromatic rings. The second kappa shape index (κ2) is 7.09. The van der Waals surface area contributed by atoms with E-state index in [9.17, 15) is 13.2 Å². The summed E-state index contributed by atoms with van der Waals surface area (Å²) in [5, 5.41) is 1.77. The highest BCUT2D eigenvalue weighted by Gasteiger charge is 2.36. The summed E-state index contributed by atoms with van der Waals surface area (Å²) in [6.07, 6.45) is 5.92. The van der Waals surface area contributed by atoms with E-state index in [1.165, 1.54) is 0 Å². The maximum atomic E-state index is 12.9. The number of hydrogen-bond donors (Lipinski definition) is 1. The van der Waals surface area contributed by atoms with Crippen molar-refractivity contribution in [2.24, 2.45) is 5.92 Å². The molecule has 0 aliphatic heterocycles. The highest BCUT2D eigenvalue weighted by Crippen LogP contribution is 2.31. The number of carbonyl (C=O) groups is 1. The lowest BCUT2D eigenvalue weighted by Crippen LogP contribution is -2.45. The number of nitrogens with one attached hydrogen (secondary N) is 1. The zero-order valence-electron chi connectivity index (χ0n) is 12.9. The Morgan fingerprint density at radius 1 is 1.23 bits per heavy atom. The Morgan fingerprint density at radius 2 is 1.82 bits per heavy atom. The molecule has 1 saturated carbocycles. The molecule has 1 N–H and O–H groups in total. The molecule has 22 heavy (non-hydrogen) atoms. The first-order valence-electron chi connectivity index (χ1n) is 7.68. The van der Waals surface area contributed by atoms with Gasteiger partial charge < -0.3 is 5.32 Å². The topological polar surface area (TPSA) is 63.2 Å². The molecule has 0 saturated heterocycles. The normalized spacial score (nSPS) is 17.7. The molecular weight excluding hydrogens is 298 g/mol. The summed E-state index contributed by atoms with van der Waals surface area (Å²) >= 11 is 0. The number of amides is 1. The summed E-state index contributed by atoms with van der Waals surface area (Å²) in [5.74, 6) is -0.477. The van der Waals surface area contributed by atoms with Gasteiger partial charge in [0.15, 0.2) is 9.84 Å². The minimum Gasteiger partial charge on any atom is -0.335 e. The summed E-state index contributed by atoms with van der Waals surface area (Å²) in [6.45, 7) is 5.33. The highest BCUT2D eigenvalue weighted by atomic mass is 32.2. The molecule has 0 aromatic heterocycles. The molecule has 0 bridgehead atoms. The van der Waals surface area contributed by atoms with Crippen LogP contribution in [0.2, 0.25) is 0 Å². The number of benzene rings is 1. The number of hydrogen-bond acceptors (Lipinski definition) is 3. The Labute approximate surface area is 132 Å². The second-order valence-corrected chi connectivity index (χ2v) is 7.96. The van der Waals surface area contributed by atoms with E-state index in [2.05, 4.69) is 11.9 Å². The standard InChI is InChI=1S/C17H23NO3S/c1-3-16(19)18-17(14-7-5-4-6-8-14)22(20,21)15-11-9-13(2)10-12-15/h3,9-12,14,17H,1,4-8H2,2H3,(H,18,19). The molecule has 1 aliphatic carbocycles. The van der Waals surface area contributed by atoms with Crippen LogP contribution in [0, 0.1) is 12.8 Å². The maximum Gasteiger partial charge on any atom is 0.244 e. The van der Waals surface area contributed by atoms with Crippen molar-refractivity contribution in [3.8, 4) is 0 Å². The number of sulfone groups is 1. The third kappa shape index (κ3) is 3.77. The van der Waals surface area contributed by atoms with Crippen molar-refractivity contribution in [2.45, 2.75) is 49.3 Å². The van der Waals surface area contributed by atoms with E-state index in [0.717, 1.165) is 43.7 Å². The van der Waals surface area contributed by atoms with Gasteiger partial charge in [0, 0.05) is 0 Å². The van der Waals surface area contributed by atoms with Gasteiger partial charge in [-0.15, -0.1) is 0 Å². The van der Waals surface area contributed by atoms with Crippen LogP contribution in [0.5, 0.6) is 0 Å². The molecule has 5 heteroatoms. The first kappa shape index (κ1) is 16.7. The SMILES string of the molecule is C=CC(=O)NC(C1CCCCC1)S(=O)(=O)c1ccc(C)cc1. The summed E-state index contributed by atoms with van der Waals surface area (Å²) in [4.78, 5) is 12.0. The van der Waals surface area contributed by atoms with Gasteiger partial charge in [-0.25, -0.2) is 8.42 Å². The van der Waals surface area contributed by atoms with Gasteiger partial charge in [0.25, 0.3) is 0 Å².